The van der Waals surface area contributed by atoms with Crippen molar-refractivity contribution < 1.29 is 18.1 Å². The second-order valence-electron chi connectivity index (χ2n) is 5.43. The molecule has 2 heterocycles. The normalized spacial score (nSPS) is 18.2. The molecule has 1 atom stereocenters. The van der Waals surface area contributed by atoms with E-state index in [2.05, 4.69) is 20.9 Å². The Balaban J connectivity index is 1.77. The van der Waals surface area contributed by atoms with Crippen LogP contribution in [0.3, 0.4) is 0 Å². The van der Waals surface area contributed by atoms with Crippen LogP contribution >= 0.6 is 15.9 Å². The Morgan fingerprint density at radius 3 is 2.72 bits per heavy atom. The number of aromatic nitrogens is 1. The van der Waals surface area contributed by atoms with E-state index in [0.29, 0.717) is 12.3 Å². The maximum atomic E-state index is 12.7. The van der Waals surface area contributed by atoms with E-state index in [4.69, 9.17) is 4.74 Å². The molecule has 0 saturated carbocycles. The first-order valence-electron chi connectivity index (χ1n) is 7.40. The fourth-order valence-electron chi connectivity index (χ4n) is 2.58. The highest BCUT2D eigenvalue weighted by molar-refractivity contribution is 9.10. The van der Waals surface area contributed by atoms with Crippen molar-refractivity contribution in [3.8, 4) is 5.88 Å². The maximum absolute atomic E-state index is 12.7. The molecule has 1 aliphatic rings. The molecule has 132 valence electrons. The van der Waals surface area contributed by atoms with Crippen LogP contribution in [-0.2, 0) is 10.0 Å². The van der Waals surface area contributed by atoms with Crippen LogP contribution in [0.15, 0.2) is 52.0 Å². The minimum Gasteiger partial charge on any atom is -0.473 e. The predicted octanol–water partition coefficient (Wildman–Crippen LogP) is 2.59. The predicted molar refractivity (Wildman–Crippen MR) is 92.8 cm³/mol. The van der Waals surface area contributed by atoms with Crippen LogP contribution < -0.4 is 4.74 Å². The van der Waals surface area contributed by atoms with Crippen LogP contribution in [0.1, 0.15) is 6.42 Å². The van der Waals surface area contributed by atoms with Crippen LogP contribution in [0.2, 0.25) is 0 Å². The molecule has 1 aliphatic heterocycles. The van der Waals surface area contributed by atoms with Crippen LogP contribution in [0.4, 0.5) is 5.69 Å². The summed E-state index contributed by atoms with van der Waals surface area (Å²) in [5.74, 6) is 0.401. The first-order valence-corrected chi connectivity index (χ1v) is 9.63. The average molecular weight is 428 g/mol. The Kier molecular flexibility index (Phi) is 5.02. The fraction of sp³-hybridized carbons (Fsp3) is 0.267. The van der Waals surface area contributed by atoms with Crippen LogP contribution in [0.5, 0.6) is 5.88 Å². The van der Waals surface area contributed by atoms with E-state index >= 15 is 0 Å². The molecule has 1 aromatic carbocycles. The summed E-state index contributed by atoms with van der Waals surface area (Å²) in [7, 11) is -3.96. The lowest BCUT2D eigenvalue weighted by molar-refractivity contribution is -0.387. The summed E-state index contributed by atoms with van der Waals surface area (Å²) < 4.78 is 33.2. The largest absolute Gasteiger partial charge is 0.473 e. The van der Waals surface area contributed by atoms with Gasteiger partial charge >= 0.3 is 0 Å². The summed E-state index contributed by atoms with van der Waals surface area (Å²) >= 11 is 3.28. The SMILES string of the molecule is O=[N+]([O-])c1ccccc1S(=O)(=O)N1CCC(Oc2ccc(Br)cn2)C1. The summed E-state index contributed by atoms with van der Waals surface area (Å²) in [6.45, 7) is 0.349. The first kappa shape index (κ1) is 17.8. The zero-order valence-corrected chi connectivity index (χ0v) is 15.3. The number of rotatable bonds is 5. The van der Waals surface area contributed by atoms with Gasteiger partial charge in [0, 0.05) is 29.3 Å². The number of halogens is 1. The van der Waals surface area contributed by atoms with Gasteiger partial charge < -0.3 is 4.74 Å². The zero-order chi connectivity index (χ0) is 18.0. The van der Waals surface area contributed by atoms with Crippen molar-refractivity contribution in [1.29, 1.82) is 0 Å². The summed E-state index contributed by atoms with van der Waals surface area (Å²) in [5.41, 5.74) is -0.429. The van der Waals surface area contributed by atoms with Gasteiger partial charge in [0.25, 0.3) is 5.69 Å². The van der Waals surface area contributed by atoms with E-state index < -0.39 is 20.6 Å². The zero-order valence-electron chi connectivity index (χ0n) is 12.9. The second-order valence-corrected chi connectivity index (χ2v) is 8.25. The van der Waals surface area contributed by atoms with Crippen molar-refractivity contribution in [3.05, 3.63) is 57.2 Å². The van der Waals surface area contributed by atoms with Gasteiger partial charge in [-0.1, -0.05) is 12.1 Å². The van der Waals surface area contributed by atoms with E-state index in [9.17, 15) is 18.5 Å². The van der Waals surface area contributed by atoms with Crippen molar-refractivity contribution in [3.63, 3.8) is 0 Å². The molecule has 1 fully saturated rings. The van der Waals surface area contributed by atoms with E-state index in [-0.39, 0.29) is 24.1 Å². The van der Waals surface area contributed by atoms with Crippen LogP contribution in [-0.4, -0.2) is 41.8 Å². The molecule has 0 bridgehead atoms. The van der Waals surface area contributed by atoms with Crippen LogP contribution in [0, 0.1) is 10.1 Å². The van der Waals surface area contributed by atoms with Gasteiger partial charge in [-0.2, -0.15) is 4.31 Å². The topological polar surface area (TPSA) is 103 Å². The number of nitrogens with zero attached hydrogens (tertiary/aromatic N) is 3. The van der Waals surface area contributed by atoms with Gasteiger partial charge in [0.05, 0.1) is 11.5 Å². The third-order valence-corrected chi connectivity index (χ3v) is 6.16. The lowest BCUT2D eigenvalue weighted by Gasteiger charge is -2.17. The Morgan fingerprint density at radius 2 is 2.04 bits per heavy atom. The number of hydrogen-bond donors (Lipinski definition) is 0. The molecule has 8 nitrogen and oxygen atoms in total. The highest BCUT2D eigenvalue weighted by atomic mass is 79.9. The standard InChI is InChI=1S/C15H14BrN3O5S/c16-11-5-6-15(17-9-11)24-12-7-8-18(10-12)25(22,23)14-4-2-1-3-13(14)19(20)21/h1-6,9,12H,7-8,10H2. The van der Waals surface area contributed by atoms with E-state index in [1.807, 2.05) is 0 Å². The van der Waals surface area contributed by atoms with Gasteiger partial charge in [-0.25, -0.2) is 13.4 Å². The molecule has 0 aliphatic carbocycles. The van der Waals surface area contributed by atoms with Crippen molar-refractivity contribution in [2.75, 3.05) is 13.1 Å². The van der Waals surface area contributed by atoms with Crippen LogP contribution in [0.25, 0.3) is 0 Å². The van der Waals surface area contributed by atoms with Gasteiger partial charge in [0.1, 0.15) is 6.10 Å². The molecular formula is C15H14BrN3O5S. The van der Waals surface area contributed by atoms with Gasteiger partial charge in [-0.05, 0) is 34.5 Å². The minimum atomic E-state index is -3.96. The number of sulfonamides is 1. The monoisotopic (exact) mass is 427 g/mol. The lowest BCUT2D eigenvalue weighted by atomic mass is 10.3. The Bertz CT molecular complexity index is 888. The van der Waals surface area contributed by atoms with E-state index in [0.717, 1.165) is 4.47 Å². The van der Waals surface area contributed by atoms with Gasteiger partial charge in [0.2, 0.25) is 15.9 Å². The van der Waals surface area contributed by atoms with E-state index in [1.165, 1.54) is 28.6 Å². The third-order valence-electron chi connectivity index (χ3n) is 3.78. The Morgan fingerprint density at radius 1 is 1.28 bits per heavy atom. The van der Waals surface area contributed by atoms with Gasteiger partial charge in [-0.3, -0.25) is 10.1 Å². The molecule has 0 radical (unpaired) electrons. The number of nitro groups is 1. The highest BCUT2D eigenvalue weighted by Crippen LogP contribution is 2.29. The summed E-state index contributed by atoms with van der Waals surface area (Å²) in [5, 5.41) is 11.1. The molecule has 0 spiro atoms. The molecule has 2 aromatic rings. The number of ether oxygens (including phenoxy) is 1. The quantitative estimate of drug-likeness (QED) is 0.536. The smallest absolute Gasteiger partial charge is 0.289 e. The summed E-state index contributed by atoms with van der Waals surface area (Å²) in [4.78, 5) is 14.2. The molecular weight excluding hydrogens is 414 g/mol. The van der Waals surface area contributed by atoms with Crippen molar-refractivity contribution in [2.24, 2.45) is 0 Å². The Labute approximate surface area is 152 Å². The summed E-state index contributed by atoms with van der Waals surface area (Å²) in [6.07, 6.45) is 1.72. The molecule has 3 rings (SSSR count). The van der Waals surface area contributed by atoms with Crippen molar-refractivity contribution >= 4 is 31.6 Å². The molecule has 1 unspecified atom stereocenters. The molecule has 25 heavy (non-hydrogen) atoms. The summed E-state index contributed by atoms with van der Waals surface area (Å²) in [6, 6.07) is 8.80. The van der Waals surface area contributed by atoms with Gasteiger partial charge in [0.15, 0.2) is 4.90 Å². The maximum Gasteiger partial charge on any atom is 0.289 e. The van der Waals surface area contributed by atoms with Crippen molar-refractivity contribution in [1.82, 2.24) is 9.29 Å². The fourth-order valence-corrected chi connectivity index (χ4v) is 4.46. The molecule has 0 N–H and O–H groups in total. The average Bonchev–Trinajstić information content (AvgIpc) is 3.06. The molecule has 0 amide bonds. The molecule has 1 aromatic heterocycles. The van der Waals surface area contributed by atoms with Crippen molar-refractivity contribution in [2.45, 2.75) is 17.4 Å². The third kappa shape index (κ3) is 3.80. The number of pyridine rings is 1. The lowest BCUT2D eigenvalue weighted by Crippen LogP contribution is -2.31. The number of benzene rings is 1. The Hall–Kier alpha value is -2.04. The highest BCUT2D eigenvalue weighted by Gasteiger charge is 2.37. The molecule has 1 saturated heterocycles. The number of para-hydroxylation sites is 1. The first-order chi connectivity index (χ1) is 11.9. The molecule has 10 heteroatoms. The van der Waals surface area contributed by atoms with Gasteiger partial charge in [-0.15, -0.1) is 0 Å². The van der Waals surface area contributed by atoms with E-state index in [1.54, 1.807) is 18.3 Å². The number of hydrogen-bond acceptors (Lipinski definition) is 6. The number of nitro benzene ring substituents is 1. The minimum absolute atomic E-state index is 0.117. The second kappa shape index (κ2) is 7.06.